The van der Waals surface area contributed by atoms with Crippen LogP contribution in [-0.4, -0.2) is 29.8 Å². The molecular formula is C20H20N2O3S. The number of fused-ring (bicyclic) bond motifs is 1. The van der Waals surface area contributed by atoms with Crippen molar-refractivity contribution in [2.75, 3.05) is 12.4 Å². The van der Waals surface area contributed by atoms with E-state index in [1.807, 2.05) is 42.5 Å². The monoisotopic (exact) mass is 368 g/mol. The highest BCUT2D eigenvalue weighted by Gasteiger charge is 2.43. The van der Waals surface area contributed by atoms with Crippen molar-refractivity contribution in [3.63, 3.8) is 0 Å². The SMILES string of the molecule is C[C@@](C#N)(NC(=O)COC(=O)CSc1ccc2ccccc2c1)C1CC1. The van der Waals surface area contributed by atoms with Gasteiger partial charge in [0.05, 0.1) is 11.8 Å². The van der Waals surface area contributed by atoms with Gasteiger partial charge in [0.25, 0.3) is 5.91 Å². The van der Waals surface area contributed by atoms with Gasteiger partial charge in [-0.2, -0.15) is 5.26 Å². The van der Waals surface area contributed by atoms with E-state index >= 15 is 0 Å². The molecule has 6 heteroatoms. The Bertz CT molecular complexity index is 873. The van der Waals surface area contributed by atoms with Crippen molar-refractivity contribution in [2.45, 2.75) is 30.2 Å². The normalized spacial score (nSPS) is 15.7. The van der Waals surface area contributed by atoms with Gasteiger partial charge in [0.15, 0.2) is 6.61 Å². The van der Waals surface area contributed by atoms with Crippen LogP contribution in [-0.2, 0) is 14.3 Å². The van der Waals surface area contributed by atoms with Crippen LogP contribution in [0, 0.1) is 17.2 Å². The summed E-state index contributed by atoms with van der Waals surface area (Å²) in [5.74, 6) is -0.576. The lowest BCUT2D eigenvalue weighted by atomic mass is 9.98. The van der Waals surface area contributed by atoms with Crippen LogP contribution in [0.15, 0.2) is 47.4 Å². The molecular weight excluding hydrogens is 348 g/mol. The van der Waals surface area contributed by atoms with Gasteiger partial charge in [-0.25, -0.2) is 0 Å². The summed E-state index contributed by atoms with van der Waals surface area (Å²) >= 11 is 1.37. The highest BCUT2D eigenvalue weighted by molar-refractivity contribution is 8.00. The third-order valence-corrected chi connectivity index (χ3v) is 5.43. The van der Waals surface area contributed by atoms with E-state index in [-0.39, 0.29) is 18.3 Å². The van der Waals surface area contributed by atoms with Crippen LogP contribution in [0.4, 0.5) is 0 Å². The van der Waals surface area contributed by atoms with Crippen molar-refractivity contribution in [3.05, 3.63) is 42.5 Å². The summed E-state index contributed by atoms with van der Waals surface area (Å²) in [5.41, 5.74) is -0.872. The minimum Gasteiger partial charge on any atom is -0.455 e. The Kier molecular flexibility index (Phi) is 5.48. The first-order valence-electron chi connectivity index (χ1n) is 8.50. The minimum absolute atomic E-state index is 0.129. The summed E-state index contributed by atoms with van der Waals surface area (Å²) in [6.07, 6.45) is 1.87. The van der Waals surface area contributed by atoms with Gasteiger partial charge < -0.3 is 10.1 Å². The summed E-state index contributed by atoms with van der Waals surface area (Å²) in [7, 11) is 0. The molecule has 3 rings (SSSR count). The van der Waals surface area contributed by atoms with E-state index in [9.17, 15) is 14.9 Å². The predicted molar refractivity (Wildman–Crippen MR) is 101 cm³/mol. The number of esters is 1. The van der Waals surface area contributed by atoms with Gasteiger partial charge in [0.2, 0.25) is 0 Å². The second-order valence-corrected chi connectivity index (χ2v) is 7.64. The molecule has 2 aromatic rings. The fraction of sp³-hybridized carbons (Fsp3) is 0.350. The van der Waals surface area contributed by atoms with Crippen LogP contribution in [0.25, 0.3) is 10.8 Å². The Labute approximate surface area is 156 Å². The molecule has 1 atom stereocenters. The fourth-order valence-corrected chi connectivity index (χ4v) is 3.54. The highest BCUT2D eigenvalue weighted by Crippen LogP contribution is 2.39. The van der Waals surface area contributed by atoms with E-state index in [1.165, 1.54) is 11.8 Å². The molecule has 134 valence electrons. The summed E-state index contributed by atoms with van der Waals surface area (Å²) in [6, 6.07) is 16.1. The van der Waals surface area contributed by atoms with Crippen LogP contribution < -0.4 is 5.32 Å². The molecule has 0 aromatic heterocycles. The Balaban J connectivity index is 1.45. The Hall–Kier alpha value is -2.52. The average Bonchev–Trinajstić information content (AvgIpc) is 3.50. The van der Waals surface area contributed by atoms with Crippen LogP contribution in [0.3, 0.4) is 0 Å². The second-order valence-electron chi connectivity index (χ2n) is 6.59. The van der Waals surface area contributed by atoms with Crippen LogP contribution >= 0.6 is 11.8 Å². The number of carbonyl (C=O) groups is 2. The molecule has 0 bridgehead atoms. The number of ether oxygens (including phenoxy) is 1. The van der Waals surface area contributed by atoms with Gasteiger partial charge in [-0.3, -0.25) is 9.59 Å². The van der Waals surface area contributed by atoms with E-state index in [4.69, 9.17) is 4.74 Å². The molecule has 0 radical (unpaired) electrons. The van der Waals surface area contributed by atoms with Gasteiger partial charge in [-0.1, -0.05) is 30.3 Å². The third-order valence-electron chi connectivity index (χ3n) is 4.47. The Morgan fingerprint density at radius 2 is 2.00 bits per heavy atom. The maximum absolute atomic E-state index is 11.9. The zero-order valence-electron chi connectivity index (χ0n) is 14.5. The number of amides is 1. The molecule has 1 N–H and O–H groups in total. The first kappa shape index (κ1) is 18.3. The Morgan fingerprint density at radius 3 is 2.69 bits per heavy atom. The molecule has 0 aliphatic heterocycles. The largest absolute Gasteiger partial charge is 0.455 e. The van der Waals surface area contributed by atoms with E-state index < -0.39 is 17.4 Å². The lowest BCUT2D eigenvalue weighted by molar-refractivity contribution is -0.146. The van der Waals surface area contributed by atoms with E-state index in [0.717, 1.165) is 28.5 Å². The molecule has 0 heterocycles. The molecule has 0 spiro atoms. The highest BCUT2D eigenvalue weighted by atomic mass is 32.2. The molecule has 1 fully saturated rings. The maximum Gasteiger partial charge on any atom is 0.316 e. The Morgan fingerprint density at radius 1 is 1.27 bits per heavy atom. The molecule has 2 aromatic carbocycles. The molecule has 1 amide bonds. The number of hydrogen-bond donors (Lipinski definition) is 1. The fourth-order valence-electron chi connectivity index (χ4n) is 2.79. The lowest BCUT2D eigenvalue weighted by Crippen LogP contribution is -2.48. The maximum atomic E-state index is 11.9. The van der Waals surface area contributed by atoms with Crippen molar-refractivity contribution in [3.8, 4) is 6.07 Å². The molecule has 1 saturated carbocycles. The zero-order valence-corrected chi connectivity index (χ0v) is 15.3. The number of nitrogens with zero attached hydrogens (tertiary/aromatic N) is 1. The molecule has 0 saturated heterocycles. The van der Waals surface area contributed by atoms with Crippen molar-refractivity contribution in [1.82, 2.24) is 5.32 Å². The minimum atomic E-state index is -0.872. The molecule has 5 nitrogen and oxygen atoms in total. The summed E-state index contributed by atoms with van der Waals surface area (Å²) in [6.45, 7) is 1.35. The van der Waals surface area contributed by atoms with Crippen LogP contribution in [0.1, 0.15) is 19.8 Å². The molecule has 0 unspecified atom stereocenters. The molecule has 26 heavy (non-hydrogen) atoms. The third kappa shape index (κ3) is 4.55. The number of rotatable bonds is 7. The molecule has 1 aliphatic carbocycles. The lowest BCUT2D eigenvalue weighted by Gasteiger charge is -2.22. The standard InChI is InChI=1S/C20H20N2O3S/c1-20(13-21,16-7-8-16)22-18(23)11-25-19(24)12-26-17-9-6-14-4-2-3-5-15(14)10-17/h2-6,9-10,16H,7-8,11-12H2,1H3,(H,22,23)/t20-/m0/s1. The predicted octanol–water partition coefficient (Wildman–Crippen LogP) is 3.28. The first-order chi connectivity index (χ1) is 12.5. The topological polar surface area (TPSA) is 79.2 Å². The zero-order chi connectivity index (χ0) is 18.6. The first-order valence-corrected chi connectivity index (χ1v) is 9.48. The van der Waals surface area contributed by atoms with Crippen molar-refractivity contribution in [1.29, 1.82) is 5.26 Å². The van der Waals surface area contributed by atoms with Crippen molar-refractivity contribution in [2.24, 2.45) is 5.92 Å². The van der Waals surface area contributed by atoms with Gasteiger partial charge in [-0.05, 0) is 48.6 Å². The second kappa shape index (κ2) is 7.79. The summed E-state index contributed by atoms with van der Waals surface area (Å²) < 4.78 is 5.02. The van der Waals surface area contributed by atoms with E-state index in [1.54, 1.807) is 6.92 Å². The summed E-state index contributed by atoms with van der Waals surface area (Å²) in [5, 5.41) is 14.2. The van der Waals surface area contributed by atoms with Crippen LogP contribution in [0.2, 0.25) is 0 Å². The quantitative estimate of drug-likeness (QED) is 0.599. The molecule has 1 aliphatic rings. The van der Waals surface area contributed by atoms with Gasteiger partial charge in [0, 0.05) is 4.90 Å². The average molecular weight is 368 g/mol. The number of benzene rings is 2. The summed E-state index contributed by atoms with van der Waals surface area (Å²) in [4.78, 5) is 24.8. The van der Waals surface area contributed by atoms with E-state index in [2.05, 4.69) is 11.4 Å². The van der Waals surface area contributed by atoms with Gasteiger partial charge >= 0.3 is 5.97 Å². The number of nitrogens with one attached hydrogen (secondary N) is 1. The van der Waals surface area contributed by atoms with Gasteiger partial charge in [0.1, 0.15) is 5.54 Å². The van der Waals surface area contributed by atoms with Crippen LogP contribution in [0.5, 0.6) is 0 Å². The van der Waals surface area contributed by atoms with Crippen molar-refractivity contribution < 1.29 is 14.3 Å². The van der Waals surface area contributed by atoms with Crippen molar-refractivity contribution >= 4 is 34.4 Å². The number of carbonyl (C=O) groups excluding carboxylic acids is 2. The number of thioether (sulfide) groups is 1. The van der Waals surface area contributed by atoms with E-state index in [0.29, 0.717) is 0 Å². The van der Waals surface area contributed by atoms with Gasteiger partial charge in [-0.15, -0.1) is 11.8 Å². The number of nitriles is 1. The smallest absolute Gasteiger partial charge is 0.316 e. The number of hydrogen-bond acceptors (Lipinski definition) is 5.